The summed E-state index contributed by atoms with van der Waals surface area (Å²) >= 11 is 0. The number of halogens is 1. The Bertz CT molecular complexity index is 628. The summed E-state index contributed by atoms with van der Waals surface area (Å²) in [5.74, 6) is 1.52. The first-order chi connectivity index (χ1) is 11.2. The minimum Gasteiger partial charge on any atom is -0.356 e. The predicted octanol–water partition coefficient (Wildman–Crippen LogP) is 3.16. The van der Waals surface area contributed by atoms with E-state index in [-0.39, 0.29) is 35.8 Å². The Kier molecular flexibility index (Phi) is 11.3. The zero-order valence-electron chi connectivity index (χ0n) is 15.9. The Balaban J connectivity index is 0.00000576. The van der Waals surface area contributed by atoms with Crippen LogP contribution in [0, 0.1) is 5.92 Å². The van der Waals surface area contributed by atoms with Gasteiger partial charge in [-0.15, -0.1) is 24.0 Å². The van der Waals surface area contributed by atoms with Crippen molar-refractivity contribution >= 4 is 39.8 Å². The minimum absolute atomic E-state index is 0. The van der Waals surface area contributed by atoms with Gasteiger partial charge in [0.05, 0.1) is 11.8 Å². The molecular weight excluding hydrogens is 449 g/mol. The molecule has 1 atom stereocenters. The smallest absolute Gasteiger partial charge is 0.191 e. The van der Waals surface area contributed by atoms with Gasteiger partial charge in [0, 0.05) is 19.8 Å². The van der Waals surface area contributed by atoms with E-state index in [2.05, 4.69) is 60.7 Å². The van der Waals surface area contributed by atoms with E-state index in [9.17, 15) is 8.42 Å². The lowest BCUT2D eigenvalue weighted by Crippen LogP contribution is -2.39. The van der Waals surface area contributed by atoms with Crippen molar-refractivity contribution in [2.45, 2.75) is 39.7 Å². The molecule has 0 aromatic heterocycles. The Morgan fingerprint density at radius 2 is 1.76 bits per heavy atom. The number of hydrogen-bond acceptors (Lipinski definition) is 3. The third-order valence-corrected chi connectivity index (χ3v) is 4.72. The first-order valence-corrected chi connectivity index (χ1v) is 10.5. The molecule has 0 radical (unpaired) electrons. The number of benzene rings is 1. The highest BCUT2D eigenvalue weighted by Gasteiger charge is 2.08. The Morgan fingerprint density at radius 1 is 1.16 bits per heavy atom. The van der Waals surface area contributed by atoms with Crippen molar-refractivity contribution < 1.29 is 8.42 Å². The summed E-state index contributed by atoms with van der Waals surface area (Å²) in [5.41, 5.74) is 2.55. The fraction of sp³-hybridized carbons (Fsp3) is 0.611. The average Bonchev–Trinajstić information content (AvgIpc) is 2.49. The molecule has 1 rings (SSSR count). The first-order valence-electron chi connectivity index (χ1n) is 8.45. The largest absolute Gasteiger partial charge is 0.356 e. The van der Waals surface area contributed by atoms with Crippen molar-refractivity contribution in [3.05, 3.63) is 35.4 Å². The quantitative estimate of drug-likeness (QED) is 0.259. The number of aliphatic imine (C=N–C) groups is 1. The number of guanidine groups is 1. The second kappa shape index (κ2) is 11.7. The summed E-state index contributed by atoms with van der Waals surface area (Å²) in [6.07, 6.45) is 2.91. The van der Waals surface area contributed by atoms with Crippen molar-refractivity contribution in [2.24, 2.45) is 10.9 Å². The van der Waals surface area contributed by atoms with Crippen molar-refractivity contribution in [3.8, 4) is 0 Å². The zero-order chi connectivity index (χ0) is 18.2. The maximum atomic E-state index is 11.1. The number of rotatable bonds is 8. The van der Waals surface area contributed by atoms with Gasteiger partial charge in [-0.1, -0.05) is 38.1 Å². The van der Waals surface area contributed by atoms with Crippen LogP contribution in [0.3, 0.4) is 0 Å². The van der Waals surface area contributed by atoms with Gasteiger partial charge in [0.25, 0.3) is 0 Å². The maximum absolute atomic E-state index is 11.1. The molecule has 25 heavy (non-hydrogen) atoms. The molecule has 0 saturated heterocycles. The lowest BCUT2D eigenvalue weighted by molar-refractivity contribution is 0.597. The van der Waals surface area contributed by atoms with Gasteiger partial charge in [-0.2, -0.15) is 0 Å². The van der Waals surface area contributed by atoms with Gasteiger partial charge in [-0.25, -0.2) is 8.42 Å². The van der Waals surface area contributed by atoms with Crippen LogP contribution < -0.4 is 10.6 Å². The molecule has 0 fully saturated rings. The maximum Gasteiger partial charge on any atom is 0.191 e. The Labute approximate surface area is 170 Å². The van der Waals surface area contributed by atoms with Gasteiger partial charge in [0.1, 0.15) is 9.84 Å². The summed E-state index contributed by atoms with van der Waals surface area (Å²) in [4.78, 5) is 4.19. The molecule has 0 amide bonds. The molecule has 144 valence electrons. The van der Waals surface area contributed by atoms with E-state index in [1.54, 1.807) is 7.05 Å². The molecule has 7 heteroatoms. The van der Waals surface area contributed by atoms with E-state index in [0.717, 1.165) is 6.42 Å². The van der Waals surface area contributed by atoms with Crippen LogP contribution in [0.1, 0.15) is 44.4 Å². The SMILES string of the molecule is CN=C(NCCCS(C)(=O)=O)NC(C)c1ccc(CC(C)C)cc1.I. The lowest BCUT2D eigenvalue weighted by Gasteiger charge is -2.18. The van der Waals surface area contributed by atoms with Crippen molar-refractivity contribution in [3.63, 3.8) is 0 Å². The van der Waals surface area contributed by atoms with Crippen LogP contribution in [-0.4, -0.2) is 40.0 Å². The molecule has 1 unspecified atom stereocenters. The van der Waals surface area contributed by atoms with Crippen LogP contribution in [0.15, 0.2) is 29.3 Å². The predicted molar refractivity (Wildman–Crippen MR) is 118 cm³/mol. The number of nitrogens with zero attached hydrogens (tertiary/aromatic N) is 1. The van der Waals surface area contributed by atoms with Crippen LogP contribution in [0.5, 0.6) is 0 Å². The normalized spacial score (nSPS) is 13.3. The van der Waals surface area contributed by atoms with Gasteiger partial charge >= 0.3 is 0 Å². The van der Waals surface area contributed by atoms with E-state index in [4.69, 9.17) is 0 Å². The molecule has 5 nitrogen and oxygen atoms in total. The Morgan fingerprint density at radius 3 is 2.24 bits per heavy atom. The van der Waals surface area contributed by atoms with E-state index in [1.165, 1.54) is 17.4 Å². The highest BCUT2D eigenvalue weighted by atomic mass is 127. The lowest BCUT2D eigenvalue weighted by atomic mass is 10.00. The molecule has 0 heterocycles. The standard InChI is InChI=1S/C18H31N3O2S.HI/c1-14(2)13-16-7-9-17(10-8-16)15(3)21-18(19-4)20-11-6-12-24(5,22)23;/h7-10,14-15H,6,11-13H2,1-5H3,(H2,19,20,21);1H. The molecular formula is C18H32IN3O2S. The average molecular weight is 481 g/mol. The van der Waals surface area contributed by atoms with Crippen LogP contribution in [0.25, 0.3) is 0 Å². The highest BCUT2D eigenvalue weighted by Crippen LogP contribution is 2.15. The van der Waals surface area contributed by atoms with Crippen LogP contribution in [-0.2, 0) is 16.3 Å². The van der Waals surface area contributed by atoms with Gasteiger partial charge < -0.3 is 10.6 Å². The summed E-state index contributed by atoms with van der Waals surface area (Å²) in [6, 6.07) is 8.77. The molecule has 0 aliphatic heterocycles. The van der Waals surface area contributed by atoms with E-state index in [1.807, 2.05) is 0 Å². The molecule has 2 N–H and O–H groups in total. The zero-order valence-corrected chi connectivity index (χ0v) is 19.0. The van der Waals surface area contributed by atoms with Crippen LogP contribution in [0.2, 0.25) is 0 Å². The summed E-state index contributed by atoms with van der Waals surface area (Å²) in [6.45, 7) is 7.10. The molecule has 0 bridgehead atoms. The monoisotopic (exact) mass is 481 g/mol. The van der Waals surface area contributed by atoms with Crippen molar-refractivity contribution in [1.82, 2.24) is 10.6 Å². The molecule has 0 spiro atoms. The summed E-state index contributed by atoms with van der Waals surface area (Å²) in [5, 5.41) is 6.48. The van der Waals surface area contributed by atoms with Gasteiger partial charge in [0.2, 0.25) is 0 Å². The second-order valence-corrected chi connectivity index (χ2v) is 8.95. The Hall–Kier alpha value is -0.830. The van der Waals surface area contributed by atoms with Gasteiger partial charge in [-0.05, 0) is 36.8 Å². The van der Waals surface area contributed by atoms with Crippen molar-refractivity contribution in [1.29, 1.82) is 0 Å². The molecule has 0 saturated carbocycles. The number of sulfone groups is 1. The highest BCUT2D eigenvalue weighted by molar-refractivity contribution is 14.0. The fourth-order valence-corrected chi connectivity index (χ4v) is 3.11. The van der Waals surface area contributed by atoms with E-state index >= 15 is 0 Å². The topological polar surface area (TPSA) is 70.6 Å². The third kappa shape index (κ3) is 10.7. The summed E-state index contributed by atoms with van der Waals surface area (Å²) < 4.78 is 22.3. The van der Waals surface area contributed by atoms with Crippen molar-refractivity contribution in [2.75, 3.05) is 25.6 Å². The second-order valence-electron chi connectivity index (χ2n) is 6.69. The first kappa shape index (κ1) is 24.2. The number of hydrogen-bond donors (Lipinski definition) is 2. The van der Waals surface area contributed by atoms with Gasteiger partial charge in [0.15, 0.2) is 5.96 Å². The molecule has 1 aromatic carbocycles. The van der Waals surface area contributed by atoms with E-state index < -0.39 is 9.84 Å². The molecule has 0 aliphatic carbocycles. The van der Waals surface area contributed by atoms with Gasteiger partial charge in [-0.3, -0.25) is 4.99 Å². The van der Waals surface area contributed by atoms with Crippen LogP contribution >= 0.6 is 24.0 Å². The summed E-state index contributed by atoms with van der Waals surface area (Å²) in [7, 11) is -1.20. The minimum atomic E-state index is -2.91. The molecule has 0 aliphatic rings. The fourth-order valence-electron chi connectivity index (χ4n) is 2.44. The molecule has 1 aromatic rings. The number of nitrogens with one attached hydrogen (secondary N) is 2. The third-order valence-electron chi connectivity index (χ3n) is 3.68. The van der Waals surface area contributed by atoms with Crippen LogP contribution in [0.4, 0.5) is 0 Å². The van der Waals surface area contributed by atoms with E-state index in [0.29, 0.717) is 24.8 Å².